The van der Waals surface area contributed by atoms with Crippen molar-refractivity contribution in [3.63, 3.8) is 0 Å². The minimum atomic E-state index is -3.54. The second-order valence-corrected chi connectivity index (χ2v) is 7.10. The minimum Gasteiger partial charge on any atom is -0.478 e. The summed E-state index contributed by atoms with van der Waals surface area (Å²) in [6, 6.07) is 5.79. The molecule has 0 amide bonds. The molecule has 20 heavy (non-hydrogen) atoms. The third-order valence-electron chi connectivity index (χ3n) is 3.54. The fourth-order valence-electron chi connectivity index (χ4n) is 2.51. The maximum Gasteiger partial charge on any atom is 0.337 e. The summed E-state index contributed by atoms with van der Waals surface area (Å²) in [4.78, 5) is 13.3. The van der Waals surface area contributed by atoms with Crippen molar-refractivity contribution in [2.45, 2.75) is 24.2 Å². The molecule has 1 aromatic rings. The molecule has 0 radical (unpaired) electrons. The highest BCUT2D eigenvalue weighted by Crippen LogP contribution is 2.18. The van der Waals surface area contributed by atoms with Crippen molar-refractivity contribution >= 4 is 15.8 Å². The molecule has 0 unspecified atom stereocenters. The predicted molar refractivity (Wildman–Crippen MR) is 75.7 cm³/mol. The number of carbonyl (C=O) groups is 1. The van der Waals surface area contributed by atoms with Crippen molar-refractivity contribution < 1.29 is 18.3 Å². The normalized spacial score (nSPS) is 16.4. The van der Waals surface area contributed by atoms with Crippen LogP contribution in [0.25, 0.3) is 0 Å². The van der Waals surface area contributed by atoms with Crippen LogP contribution < -0.4 is 0 Å². The smallest absolute Gasteiger partial charge is 0.337 e. The molecule has 0 aromatic heterocycles. The summed E-state index contributed by atoms with van der Waals surface area (Å²) in [6.07, 6.45) is 2.89. The summed E-state index contributed by atoms with van der Waals surface area (Å²) in [7, 11) is -3.54. The van der Waals surface area contributed by atoms with E-state index >= 15 is 0 Å². The third-order valence-corrected chi connectivity index (χ3v) is 5.39. The Labute approximate surface area is 119 Å². The lowest BCUT2D eigenvalue weighted by Gasteiger charge is -2.14. The standard InChI is InChI=1S/C14H19NO4S/c16-14(17)12-6-1-2-7-13(12)20(18,19)11-5-10-15-8-3-4-9-15/h1-2,6-7H,3-5,8-11H2,(H,16,17). The highest BCUT2D eigenvalue weighted by Gasteiger charge is 2.22. The molecule has 6 heteroatoms. The maximum atomic E-state index is 12.2. The van der Waals surface area contributed by atoms with Crippen molar-refractivity contribution in [3.05, 3.63) is 29.8 Å². The zero-order chi connectivity index (χ0) is 14.6. The molecule has 5 nitrogen and oxygen atoms in total. The molecule has 0 atom stereocenters. The van der Waals surface area contributed by atoms with Crippen LogP contribution in [0.1, 0.15) is 29.6 Å². The van der Waals surface area contributed by atoms with Crippen LogP contribution >= 0.6 is 0 Å². The molecule has 1 heterocycles. The van der Waals surface area contributed by atoms with E-state index in [0.717, 1.165) is 19.6 Å². The predicted octanol–water partition coefficient (Wildman–Crippen LogP) is 1.64. The third kappa shape index (κ3) is 3.58. The molecule has 1 saturated heterocycles. The van der Waals surface area contributed by atoms with Crippen LogP contribution in [0.15, 0.2) is 29.2 Å². The van der Waals surface area contributed by atoms with E-state index in [2.05, 4.69) is 4.90 Å². The fraction of sp³-hybridized carbons (Fsp3) is 0.500. The number of likely N-dealkylation sites (tertiary alicyclic amines) is 1. The lowest BCUT2D eigenvalue weighted by atomic mass is 10.2. The second-order valence-electron chi connectivity index (χ2n) is 5.02. The molecular weight excluding hydrogens is 278 g/mol. The molecule has 0 aliphatic carbocycles. The van der Waals surface area contributed by atoms with Gasteiger partial charge in [0.1, 0.15) is 0 Å². The number of rotatable bonds is 6. The highest BCUT2D eigenvalue weighted by atomic mass is 32.2. The Bertz CT molecular complexity index is 577. The van der Waals surface area contributed by atoms with Crippen molar-refractivity contribution in [1.82, 2.24) is 4.90 Å². The van der Waals surface area contributed by atoms with E-state index < -0.39 is 15.8 Å². The van der Waals surface area contributed by atoms with Gasteiger partial charge in [0.05, 0.1) is 16.2 Å². The molecule has 0 spiro atoms. The van der Waals surface area contributed by atoms with Gasteiger partial charge in [-0.2, -0.15) is 0 Å². The van der Waals surface area contributed by atoms with Crippen LogP contribution in [-0.4, -0.2) is 49.8 Å². The number of hydrogen-bond acceptors (Lipinski definition) is 4. The summed E-state index contributed by atoms with van der Waals surface area (Å²) in [6.45, 7) is 2.83. The first-order valence-electron chi connectivity index (χ1n) is 6.78. The average molecular weight is 297 g/mol. The van der Waals surface area contributed by atoms with Crippen molar-refractivity contribution in [2.24, 2.45) is 0 Å². The fourth-order valence-corrected chi connectivity index (χ4v) is 4.01. The Morgan fingerprint density at radius 3 is 2.50 bits per heavy atom. The zero-order valence-corrected chi connectivity index (χ0v) is 12.1. The Balaban J connectivity index is 2.04. The van der Waals surface area contributed by atoms with Gasteiger partial charge in [0, 0.05) is 0 Å². The van der Waals surface area contributed by atoms with Gasteiger partial charge in [-0.25, -0.2) is 13.2 Å². The van der Waals surface area contributed by atoms with Crippen LogP contribution in [-0.2, 0) is 9.84 Å². The molecule has 0 saturated carbocycles. The van der Waals surface area contributed by atoms with Gasteiger partial charge < -0.3 is 10.0 Å². The first-order chi connectivity index (χ1) is 9.50. The van der Waals surface area contributed by atoms with Gasteiger partial charge in [0.2, 0.25) is 0 Å². The first kappa shape index (κ1) is 15.0. The van der Waals surface area contributed by atoms with E-state index in [-0.39, 0.29) is 16.2 Å². The van der Waals surface area contributed by atoms with Crippen molar-refractivity contribution in [1.29, 1.82) is 0 Å². The maximum absolute atomic E-state index is 12.2. The quantitative estimate of drug-likeness (QED) is 0.864. The first-order valence-corrected chi connectivity index (χ1v) is 8.43. The van der Waals surface area contributed by atoms with Gasteiger partial charge in [-0.15, -0.1) is 0 Å². The lowest BCUT2D eigenvalue weighted by Crippen LogP contribution is -2.23. The average Bonchev–Trinajstić information content (AvgIpc) is 2.91. The van der Waals surface area contributed by atoms with Gasteiger partial charge in [0.15, 0.2) is 9.84 Å². The van der Waals surface area contributed by atoms with Crippen molar-refractivity contribution in [3.8, 4) is 0 Å². The van der Waals surface area contributed by atoms with E-state index in [1.807, 2.05) is 0 Å². The summed E-state index contributed by atoms with van der Waals surface area (Å²) in [5.41, 5.74) is -0.145. The molecule has 1 aliphatic rings. The van der Waals surface area contributed by atoms with Crippen LogP contribution in [0.3, 0.4) is 0 Å². The highest BCUT2D eigenvalue weighted by molar-refractivity contribution is 7.91. The number of carboxylic acid groups (broad SMARTS) is 1. The lowest BCUT2D eigenvalue weighted by molar-refractivity contribution is 0.0692. The van der Waals surface area contributed by atoms with E-state index in [4.69, 9.17) is 5.11 Å². The number of sulfone groups is 1. The number of benzene rings is 1. The van der Waals surface area contributed by atoms with Gasteiger partial charge in [-0.1, -0.05) is 12.1 Å². The number of hydrogen-bond donors (Lipinski definition) is 1. The second kappa shape index (κ2) is 6.37. The SMILES string of the molecule is O=C(O)c1ccccc1S(=O)(=O)CCCN1CCCC1. The monoisotopic (exact) mass is 297 g/mol. The minimum absolute atomic E-state index is 0.00616. The Hall–Kier alpha value is -1.40. The summed E-state index contributed by atoms with van der Waals surface area (Å²) >= 11 is 0. The van der Waals surface area contributed by atoms with E-state index in [1.54, 1.807) is 6.07 Å². The van der Waals surface area contributed by atoms with Gasteiger partial charge in [-0.3, -0.25) is 0 Å². The molecular formula is C14H19NO4S. The van der Waals surface area contributed by atoms with E-state index in [0.29, 0.717) is 6.42 Å². The molecule has 0 bridgehead atoms. The molecule has 2 rings (SSSR count). The van der Waals surface area contributed by atoms with Crippen LogP contribution in [0.2, 0.25) is 0 Å². The Morgan fingerprint density at radius 2 is 1.85 bits per heavy atom. The van der Waals surface area contributed by atoms with Crippen molar-refractivity contribution in [2.75, 3.05) is 25.4 Å². The van der Waals surface area contributed by atoms with E-state index in [1.165, 1.54) is 31.0 Å². The van der Waals surface area contributed by atoms with Crippen LogP contribution in [0, 0.1) is 0 Å². The summed E-state index contributed by atoms with van der Waals surface area (Å²) in [5.74, 6) is -1.21. The molecule has 1 fully saturated rings. The van der Waals surface area contributed by atoms with Gasteiger partial charge >= 0.3 is 5.97 Å². The summed E-state index contributed by atoms with van der Waals surface area (Å²) < 4.78 is 24.5. The number of nitrogens with zero attached hydrogens (tertiary/aromatic N) is 1. The van der Waals surface area contributed by atoms with Crippen LogP contribution in [0.4, 0.5) is 0 Å². The Kier molecular flexibility index (Phi) is 4.77. The number of carboxylic acids is 1. The Morgan fingerprint density at radius 1 is 1.20 bits per heavy atom. The zero-order valence-electron chi connectivity index (χ0n) is 11.3. The molecule has 1 N–H and O–H groups in total. The van der Waals surface area contributed by atoms with E-state index in [9.17, 15) is 13.2 Å². The van der Waals surface area contributed by atoms with Gasteiger partial charge in [0.25, 0.3) is 0 Å². The molecule has 110 valence electrons. The largest absolute Gasteiger partial charge is 0.478 e. The number of aromatic carboxylic acids is 1. The molecule has 1 aliphatic heterocycles. The topological polar surface area (TPSA) is 74.7 Å². The molecule has 1 aromatic carbocycles. The van der Waals surface area contributed by atoms with Crippen LogP contribution in [0.5, 0.6) is 0 Å². The van der Waals surface area contributed by atoms with Gasteiger partial charge in [-0.05, 0) is 51.0 Å². The summed E-state index contributed by atoms with van der Waals surface area (Å²) in [5, 5.41) is 9.05.